The lowest BCUT2D eigenvalue weighted by molar-refractivity contribution is -0.174. The minimum atomic E-state index is -4.57. The zero-order valence-electron chi connectivity index (χ0n) is 14.6. The third-order valence-corrected chi connectivity index (χ3v) is 5.07. The molecule has 7 nitrogen and oxygen atoms in total. The van der Waals surface area contributed by atoms with Crippen LogP contribution in [0.15, 0.2) is 51.7 Å². The number of phenolic OH excluding ortho intramolecular Hbond substituents is 1. The molecule has 152 valence electrons. The lowest BCUT2D eigenvalue weighted by Crippen LogP contribution is -2.36. The number of aromatic hydroxyl groups is 1. The molecule has 0 radical (unpaired) electrons. The highest BCUT2D eigenvalue weighted by Crippen LogP contribution is 2.44. The smallest absolute Gasteiger partial charge is 0.410 e. The van der Waals surface area contributed by atoms with Gasteiger partial charge in [-0.1, -0.05) is 15.9 Å². The molecule has 1 aromatic carbocycles. The number of aromatic nitrogens is 2. The Kier molecular flexibility index (Phi) is 4.77. The summed E-state index contributed by atoms with van der Waals surface area (Å²) in [6, 6.07) is 4.86. The van der Waals surface area contributed by atoms with Crippen LogP contribution in [0.2, 0.25) is 0 Å². The fourth-order valence-corrected chi connectivity index (χ4v) is 3.56. The van der Waals surface area contributed by atoms with Crippen molar-refractivity contribution in [2.45, 2.75) is 24.7 Å². The predicted molar refractivity (Wildman–Crippen MR) is 101 cm³/mol. The molecule has 0 bridgehead atoms. The average molecular weight is 471 g/mol. The number of fused-ring (bicyclic) bond motifs is 1. The van der Waals surface area contributed by atoms with Crippen LogP contribution in [0.3, 0.4) is 0 Å². The van der Waals surface area contributed by atoms with Crippen molar-refractivity contribution in [2.24, 2.45) is 0 Å². The molecule has 2 unspecified atom stereocenters. The van der Waals surface area contributed by atoms with Crippen LogP contribution >= 0.6 is 15.9 Å². The Hall–Kier alpha value is -2.95. The zero-order chi connectivity index (χ0) is 20.8. The van der Waals surface area contributed by atoms with E-state index in [2.05, 4.69) is 31.7 Å². The van der Waals surface area contributed by atoms with Crippen molar-refractivity contribution >= 4 is 33.3 Å². The van der Waals surface area contributed by atoms with E-state index in [-0.39, 0.29) is 29.2 Å². The predicted octanol–water partition coefficient (Wildman–Crippen LogP) is 4.86. The molecule has 1 aliphatic heterocycles. The number of furan rings is 1. The number of halogens is 4. The van der Waals surface area contributed by atoms with E-state index in [0.717, 1.165) is 10.9 Å². The first-order valence-corrected chi connectivity index (χ1v) is 9.27. The van der Waals surface area contributed by atoms with Gasteiger partial charge in [0.1, 0.15) is 22.9 Å². The maximum atomic E-state index is 13.6. The minimum Gasteiger partial charge on any atom is -0.506 e. The number of carbonyl (C=O) groups is 1. The number of amides is 1. The van der Waals surface area contributed by atoms with Gasteiger partial charge in [0.15, 0.2) is 6.04 Å². The third kappa shape index (κ3) is 3.69. The van der Waals surface area contributed by atoms with Gasteiger partial charge in [-0.25, -0.2) is 4.68 Å². The standard InChI is InChI=1S/C18H14BrF3N4O3/c19-9-3-4-13(27)11(6-9)25-17(28)10-8-23-26-15(18(20,21)22)7-12(24-16(10)26)14-2-1-5-29-14/h1-6,8,12,15,24,27H,7H2,(H,25,28). The van der Waals surface area contributed by atoms with Crippen LogP contribution in [0.5, 0.6) is 5.75 Å². The molecule has 29 heavy (non-hydrogen) atoms. The highest BCUT2D eigenvalue weighted by atomic mass is 79.9. The largest absolute Gasteiger partial charge is 0.506 e. The van der Waals surface area contributed by atoms with Gasteiger partial charge in [-0.05, 0) is 30.3 Å². The molecule has 1 aliphatic rings. The summed E-state index contributed by atoms with van der Waals surface area (Å²) in [5.74, 6) is -0.653. The highest BCUT2D eigenvalue weighted by molar-refractivity contribution is 9.10. The van der Waals surface area contributed by atoms with Crippen molar-refractivity contribution in [3.8, 4) is 5.75 Å². The summed E-state index contributed by atoms with van der Waals surface area (Å²) in [5.41, 5.74) is 0.0185. The summed E-state index contributed by atoms with van der Waals surface area (Å²) in [6.45, 7) is 0. The Labute approximate surface area is 170 Å². The van der Waals surface area contributed by atoms with Crippen LogP contribution in [0, 0.1) is 0 Å². The van der Waals surface area contributed by atoms with E-state index < -0.39 is 24.2 Å². The summed E-state index contributed by atoms with van der Waals surface area (Å²) in [4.78, 5) is 12.7. The van der Waals surface area contributed by atoms with Crippen LogP contribution in [0.25, 0.3) is 0 Å². The van der Waals surface area contributed by atoms with Crippen molar-refractivity contribution in [3.05, 3.63) is 58.6 Å². The van der Waals surface area contributed by atoms with E-state index in [1.807, 2.05) is 0 Å². The number of anilines is 2. The maximum absolute atomic E-state index is 13.6. The number of phenols is 1. The van der Waals surface area contributed by atoms with Gasteiger partial charge in [0, 0.05) is 10.9 Å². The third-order valence-electron chi connectivity index (χ3n) is 4.58. The summed E-state index contributed by atoms with van der Waals surface area (Å²) in [6.07, 6.45) is -2.46. The molecular formula is C18H14BrF3N4O3. The van der Waals surface area contributed by atoms with Gasteiger partial charge in [0.2, 0.25) is 0 Å². The molecule has 2 aromatic heterocycles. The molecule has 3 aromatic rings. The molecule has 0 saturated carbocycles. The first-order chi connectivity index (χ1) is 13.7. The lowest BCUT2D eigenvalue weighted by Gasteiger charge is -2.32. The van der Waals surface area contributed by atoms with Crippen LogP contribution in [-0.4, -0.2) is 27.0 Å². The number of benzene rings is 1. The van der Waals surface area contributed by atoms with E-state index in [0.29, 0.717) is 10.2 Å². The number of hydrogen-bond acceptors (Lipinski definition) is 5. The average Bonchev–Trinajstić information content (AvgIpc) is 3.32. The van der Waals surface area contributed by atoms with Crippen molar-refractivity contribution in [3.63, 3.8) is 0 Å². The van der Waals surface area contributed by atoms with Crippen LogP contribution in [0.1, 0.15) is 34.6 Å². The minimum absolute atomic E-state index is 0.0769. The number of alkyl halides is 3. The van der Waals surface area contributed by atoms with Crippen molar-refractivity contribution in [2.75, 3.05) is 10.6 Å². The van der Waals surface area contributed by atoms with Crippen molar-refractivity contribution in [1.82, 2.24) is 9.78 Å². The summed E-state index contributed by atoms with van der Waals surface area (Å²) in [5, 5.41) is 19.1. The second-order valence-electron chi connectivity index (χ2n) is 6.47. The Morgan fingerprint density at radius 1 is 1.38 bits per heavy atom. The maximum Gasteiger partial charge on any atom is 0.410 e. The Morgan fingerprint density at radius 2 is 2.17 bits per heavy atom. The molecule has 3 heterocycles. The highest BCUT2D eigenvalue weighted by Gasteiger charge is 2.47. The second kappa shape index (κ2) is 7.14. The molecule has 0 aliphatic carbocycles. The van der Waals surface area contributed by atoms with E-state index in [1.165, 1.54) is 18.4 Å². The molecule has 0 fully saturated rings. The van der Waals surface area contributed by atoms with Crippen LogP contribution < -0.4 is 10.6 Å². The number of nitrogens with one attached hydrogen (secondary N) is 2. The molecule has 2 atom stereocenters. The van der Waals surface area contributed by atoms with Gasteiger partial charge >= 0.3 is 6.18 Å². The molecule has 1 amide bonds. The SMILES string of the molecule is O=C(Nc1cc(Br)ccc1O)c1cnn2c1NC(c1ccco1)CC2C(F)(F)F. The topological polar surface area (TPSA) is 92.3 Å². The van der Waals surface area contributed by atoms with Gasteiger partial charge in [0.25, 0.3) is 5.91 Å². The van der Waals surface area contributed by atoms with E-state index in [9.17, 15) is 23.1 Å². The summed E-state index contributed by atoms with van der Waals surface area (Å²) in [7, 11) is 0. The fourth-order valence-electron chi connectivity index (χ4n) is 3.20. The number of rotatable bonds is 3. The van der Waals surface area contributed by atoms with Gasteiger partial charge in [0.05, 0.1) is 24.2 Å². The lowest BCUT2D eigenvalue weighted by atomic mass is 10.0. The summed E-state index contributed by atoms with van der Waals surface area (Å²) < 4.78 is 47.5. The normalized spacial score (nSPS) is 18.8. The van der Waals surface area contributed by atoms with Crippen molar-refractivity contribution < 1.29 is 27.5 Å². The molecule has 0 saturated heterocycles. The van der Waals surface area contributed by atoms with Gasteiger partial charge in [-0.3, -0.25) is 4.79 Å². The molecule has 11 heteroatoms. The van der Waals surface area contributed by atoms with Crippen LogP contribution in [-0.2, 0) is 0 Å². The quantitative estimate of drug-likeness (QED) is 0.475. The Balaban J connectivity index is 1.70. The van der Waals surface area contributed by atoms with E-state index in [1.54, 1.807) is 18.2 Å². The van der Waals surface area contributed by atoms with Crippen molar-refractivity contribution in [1.29, 1.82) is 0 Å². The first-order valence-electron chi connectivity index (χ1n) is 8.48. The second-order valence-corrected chi connectivity index (χ2v) is 7.39. The number of hydrogen-bond donors (Lipinski definition) is 3. The molecular weight excluding hydrogens is 457 g/mol. The van der Waals surface area contributed by atoms with Gasteiger partial charge < -0.3 is 20.2 Å². The molecule has 4 rings (SSSR count). The Bertz CT molecular complexity index is 1050. The number of nitrogens with zero attached hydrogens (tertiary/aromatic N) is 2. The monoisotopic (exact) mass is 470 g/mol. The van der Waals surface area contributed by atoms with E-state index >= 15 is 0 Å². The fraction of sp³-hybridized carbons (Fsp3) is 0.222. The zero-order valence-corrected chi connectivity index (χ0v) is 16.2. The molecule has 3 N–H and O–H groups in total. The Morgan fingerprint density at radius 3 is 2.86 bits per heavy atom. The van der Waals surface area contributed by atoms with Crippen LogP contribution in [0.4, 0.5) is 24.7 Å². The number of carbonyl (C=O) groups excluding carboxylic acids is 1. The molecule has 0 spiro atoms. The van der Waals surface area contributed by atoms with Gasteiger partial charge in [-0.2, -0.15) is 18.3 Å². The van der Waals surface area contributed by atoms with E-state index in [4.69, 9.17) is 4.42 Å². The summed E-state index contributed by atoms with van der Waals surface area (Å²) >= 11 is 3.23. The van der Waals surface area contributed by atoms with Gasteiger partial charge in [-0.15, -0.1) is 0 Å². The first kappa shape index (κ1) is 19.4.